The number of alkyl halides is 1. The molecule has 0 N–H and O–H groups in total. The molecule has 0 radical (unpaired) electrons. The van der Waals surface area contributed by atoms with Crippen LogP contribution in [0.25, 0.3) is 5.69 Å². The fourth-order valence-corrected chi connectivity index (χ4v) is 1.53. The van der Waals surface area contributed by atoms with Gasteiger partial charge in [-0.25, -0.2) is 4.68 Å². The van der Waals surface area contributed by atoms with Crippen LogP contribution in [0.15, 0.2) is 36.5 Å². The monoisotopic (exact) mass is 206 g/mol. The molecule has 0 aliphatic heterocycles. The lowest BCUT2D eigenvalue weighted by atomic mass is 10.2. The van der Waals surface area contributed by atoms with Crippen molar-refractivity contribution >= 4 is 11.6 Å². The average molecular weight is 207 g/mol. The Bertz CT molecular complexity index is 434. The second-order valence-corrected chi connectivity index (χ2v) is 3.44. The number of rotatable bonds is 2. The van der Waals surface area contributed by atoms with Gasteiger partial charge in [0.25, 0.3) is 0 Å². The Labute approximate surface area is 88.1 Å². The van der Waals surface area contributed by atoms with Crippen LogP contribution >= 0.6 is 11.6 Å². The highest BCUT2D eigenvalue weighted by molar-refractivity contribution is 6.16. The predicted molar refractivity (Wildman–Crippen MR) is 57.9 cm³/mol. The first-order chi connectivity index (χ1) is 6.81. The van der Waals surface area contributed by atoms with Crippen molar-refractivity contribution in [2.75, 3.05) is 0 Å². The summed E-state index contributed by atoms with van der Waals surface area (Å²) >= 11 is 5.69. The van der Waals surface area contributed by atoms with Gasteiger partial charge in [-0.1, -0.05) is 18.2 Å². The minimum absolute atomic E-state index is 0.457. The Hall–Kier alpha value is -1.28. The molecule has 0 aliphatic carbocycles. The third kappa shape index (κ3) is 1.66. The molecule has 0 atom stereocenters. The summed E-state index contributed by atoms with van der Waals surface area (Å²) in [5.74, 6) is 0.457. The summed E-state index contributed by atoms with van der Waals surface area (Å²) < 4.78 is 1.85. The van der Waals surface area contributed by atoms with E-state index in [4.69, 9.17) is 11.6 Å². The quantitative estimate of drug-likeness (QED) is 0.691. The Morgan fingerprint density at radius 2 is 2.07 bits per heavy atom. The van der Waals surface area contributed by atoms with E-state index in [2.05, 4.69) is 18.1 Å². The number of aryl methyl sites for hydroxylation is 1. The fourth-order valence-electron chi connectivity index (χ4n) is 1.39. The molecule has 2 aromatic rings. The Kier molecular flexibility index (Phi) is 2.55. The lowest BCUT2D eigenvalue weighted by Gasteiger charge is -2.04. The number of benzene rings is 1. The molecule has 0 spiro atoms. The van der Waals surface area contributed by atoms with Crippen LogP contribution in [0.5, 0.6) is 0 Å². The molecule has 0 unspecified atom stereocenters. The third-order valence-electron chi connectivity index (χ3n) is 2.14. The molecule has 2 rings (SSSR count). The number of hydrogen-bond donors (Lipinski definition) is 0. The lowest BCUT2D eigenvalue weighted by Crippen LogP contribution is -1.97. The summed E-state index contributed by atoms with van der Waals surface area (Å²) in [5, 5.41) is 4.34. The summed E-state index contributed by atoms with van der Waals surface area (Å²) in [6, 6.07) is 10.1. The number of hydrogen-bond acceptors (Lipinski definition) is 1. The Morgan fingerprint density at radius 3 is 2.71 bits per heavy atom. The number of para-hydroxylation sites is 1. The van der Waals surface area contributed by atoms with Crippen LogP contribution in [0.4, 0.5) is 0 Å². The third-order valence-corrected chi connectivity index (χ3v) is 2.42. The SMILES string of the molecule is Cc1ccccc1-n1ccc(CCl)n1. The van der Waals surface area contributed by atoms with Crippen molar-refractivity contribution in [3.63, 3.8) is 0 Å². The average Bonchev–Trinajstić information content (AvgIpc) is 2.67. The van der Waals surface area contributed by atoms with E-state index in [9.17, 15) is 0 Å². The second-order valence-electron chi connectivity index (χ2n) is 3.17. The maximum Gasteiger partial charge on any atom is 0.0776 e. The smallest absolute Gasteiger partial charge is 0.0776 e. The van der Waals surface area contributed by atoms with Crippen LogP contribution in [0.1, 0.15) is 11.3 Å². The summed E-state index contributed by atoms with van der Waals surface area (Å²) in [5.41, 5.74) is 3.20. The maximum atomic E-state index is 5.69. The first-order valence-corrected chi connectivity index (χ1v) is 5.01. The minimum atomic E-state index is 0.457. The van der Waals surface area contributed by atoms with E-state index >= 15 is 0 Å². The van der Waals surface area contributed by atoms with Crippen LogP contribution in [0.3, 0.4) is 0 Å². The van der Waals surface area contributed by atoms with E-state index in [0.717, 1.165) is 11.4 Å². The molecule has 0 aliphatic rings. The molecular formula is C11H11ClN2. The van der Waals surface area contributed by atoms with Gasteiger partial charge >= 0.3 is 0 Å². The minimum Gasteiger partial charge on any atom is -0.240 e. The first kappa shape index (κ1) is 9.28. The second kappa shape index (κ2) is 3.84. The molecule has 0 bridgehead atoms. The van der Waals surface area contributed by atoms with Crippen molar-refractivity contribution in [1.82, 2.24) is 9.78 Å². The zero-order valence-electron chi connectivity index (χ0n) is 7.94. The molecule has 72 valence electrons. The molecule has 1 aromatic heterocycles. The molecule has 0 fully saturated rings. The van der Waals surface area contributed by atoms with Crippen molar-refractivity contribution in [2.24, 2.45) is 0 Å². The summed E-state index contributed by atoms with van der Waals surface area (Å²) in [4.78, 5) is 0. The van der Waals surface area contributed by atoms with Crippen molar-refractivity contribution in [3.05, 3.63) is 47.8 Å². The van der Waals surface area contributed by atoms with Crippen LogP contribution in [0, 0.1) is 6.92 Å². The van der Waals surface area contributed by atoms with E-state index in [1.807, 2.05) is 35.1 Å². The molecule has 14 heavy (non-hydrogen) atoms. The van der Waals surface area contributed by atoms with Gasteiger partial charge in [-0.3, -0.25) is 0 Å². The highest BCUT2D eigenvalue weighted by Crippen LogP contribution is 2.13. The van der Waals surface area contributed by atoms with Gasteiger partial charge in [-0.05, 0) is 24.6 Å². The standard InChI is InChI=1S/C11H11ClN2/c1-9-4-2-3-5-11(9)14-7-6-10(8-12)13-14/h2-7H,8H2,1H3. The van der Waals surface area contributed by atoms with Gasteiger partial charge in [0.15, 0.2) is 0 Å². The number of aromatic nitrogens is 2. The molecular weight excluding hydrogens is 196 g/mol. The highest BCUT2D eigenvalue weighted by Gasteiger charge is 2.01. The summed E-state index contributed by atoms with van der Waals surface area (Å²) in [6.45, 7) is 2.07. The molecule has 1 aromatic carbocycles. The van der Waals surface area contributed by atoms with Gasteiger partial charge in [0.1, 0.15) is 0 Å². The molecule has 0 amide bonds. The Balaban J connectivity index is 2.44. The lowest BCUT2D eigenvalue weighted by molar-refractivity contribution is 0.852. The van der Waals surface area contributed by atoms with Crippen LogP contribution < -0.4 is 0 Å². The van der Waals surface area contributed by atoms with Gasteiger partial charge in [0, 0.05) is 6.20 Å². The molecule has 0 saturated heterocycles. The van der Waals surface area contributed by atoms with E-state index in [0.29, 0.717) is 5.88 Å². The van der Waals surface area contributed by atoms with Crippen LogP contribution in [0.2, 0.25) is 0 Å². The summed E-state index contributed by atoms with van der Waals surface area (Å²) in [7, 11) is 0. The van der Waals surface area contributed by atoms with Crippen molar-refractivity contribution in [1.29, 1.82) is 0 Å². The van der Waals surface area contributed by atoms with E-state index in [-0.39, 0.29) is 0 Å². The van der Waals surface area contributed by atoms with Gasteiger partial charge in [0.05, 0.1) is 17.3 Å². The first-order valence-electron chi connectivity index (χ1n) is 4.48. The van der Waals surface area contributed by atoms with Gasteiger partial charge in [-0.2, -0.15) is 5.10 Å². The van der Waals surface area contributed by atoms with Crippen molar-refractivity contribution in [3.8, 4) is 5.69 Å². The Morgan fingerprint density at radius 1 is 1.29 bits per heavy atom. The number of halogens is 1. The zero-order chi connectivity index (χ0) is 9.97. The van der Waals surface area contributed by atoms with E-state index in [1.165, 1.54) is 5.56 Å². The number of nitrogens with zero attached hydrogens (tertiary/aromatic N) is 2. The normalized spacial score (nSPS) is 10.4. The molecule has 3 heteroatoms. The van der Waals surface area contributed by atoms with Gasteiger partial charge in [-0.15, -0.1) is 11.6 Å². The maximum absolute atomic E-state index is 5.69. The zero-order valence-corrected chi connectivity index (χ0v) is 8.70. The molecule has 2 nitrogen and oxygen atoms in total. The van der Waals surface area contributed by atoms with E-state index in [1.54, 1.807) is 0 Å². The predicted octanol–water partition coefficient (Wildman–Crippen LogP) is 2.92. The largest absolute Gasteiger partial charge is 0.240 e. The fraction of sp³-hybridized carbons (Fsp3) is 0.182. The van der Waals surface area contributed by atoms with Crippen molar-refractivity contribution in [2.45, 2.75) is 12.8 Å². The topological polar surface area (TPSA) is 17.8 Å². The van der Waals surface area contributed by atoms with Gasteiger partial charge in [0.2, 0.25) is 0 Å². The summed E-state index contributed by atoms with van der Waals surface area (Å²) in [6.07, 6.45) is 1.93. The van der Waals surface area contributed by atoms with E-state index < -0.39 is 0 Å². The highest BCUT2D eigenvalue weighted by atomic mass is 35.5. The van der Waals surface area contributed by atoms with Crippen LogP contribution in [-0.2, 0) is 5.88 Å². The van der Waals surface area contributed by atoms with Crippen molar-refractivity contribution < 1.29 is 0 Å². The molecule has 0 saturated carbocycles. The molecule has 1 heterocycles. The van der Waals surface area contributed by atoms with Crippen LogP contribution in [-0.4, -0.2) is 9.78 Å². The van der Waals surface area contributed by atoms with Gasteiger partial charge < -0.3 is 0 Å².